The van der Waals surface area contributed by atoms with Crippen LogP contribution in [0.25, 0.3) is 0 Å². The number of halogens is 5. The summed E-state index contributed by atoms with van der Waals surface area (Å²) < 4.78 is 62.5. The van der Waals surface area contributed by atoms with Crippen molar-refractivity contribution in [3.05, 3.63) is 29.1 Å². The van der Waals surface area contributed by atoms with E-state index < -0.39 is 34.0 Å². The first-order valence-corrected chi connectivity index (χ1v) is 5.28. The number of thioether (sulfide) groups is 1. The Morgan fingerprint density at radius 1 is 0.688 bits per heavy atom. The second-order valence-electron chi connectivity index (χ2n) is 2.10. The fourth-order valence-electron chi connectivity index (χ4n) is 0.764. The third kappa shape index (κ3) is 3.32. The first-order chi connectivity index (χ1) is 7.00. The van der Waals surface area contributed by atoms with Crippen molar-refractivity contribution >= 4 is 21.7 Å². The zero-order valence-electron chi connectivity index (χ0n) is 9.01. The summed E-state index contributed by atoms with van der Waals surface area (Å²) in [5.74, 6) is -9.54. The molecule has 1 aromatic carbocycles. The van der Waals surface area contributed by atoms with Gasteiger partial charge in [0.1, 0.15) is 0 Å². The standard InChI is InChI=1S/C7H3F5S.C2H6.H3P/c1-13-7-5(11)3(9)2(8)4(10)6(7)12;1-2;/h1H3;1-2H3;1H3. The molecule has 7 heteroatoms. The molecule has 1 aromatic rings. The Kier molecular flexibility index (Phi) is 8.84. The maximum atomic E-state index is 12.7. The summed E-state index contributed by atoms with van der Waals surface area (Å²) in [4.78, 5) is -0.864. The van der Waals surface area contributed by atoms with Crippen molar-refractivity contribution in [1.29, 1.82) is 0 Å². The van der Waals surface area contributed by atoms with E-state index in [1.807, 2.05) is 13.8 Å². The van der Waals surface area contributed by atoms with Gasteiger partial charge in [0.2, 0.25) is 5.82 Å². The van der Waals surface area contributed by atoms with Gasteiger partial charge in [-0.1, -0.05) is 13.8 Å². The predicted octanol–water partition coefficient (Wildman–Crippen LogP) is 4.19. The van der Waals surface area contributed by atoms with Gasteiger partial charge in [-0.3, -0.25) is 0 Å². The van der Waals surface area contributed by atoms with Crippen LogP contribution >= 0.6 is 21.7 Å². The second kappa shape index (κ2) is 7.85. The van der Waals surface area contributed by atoms with E-state index in [-0.39, 0.29) is 9.90 Å². The molecule has 0 saturated heterocycles. The van der Waals surface area contributed by atoms with Crippen molar-refractivity contribution < 1.29 is 22.0 Å². The molecule has 0 aliphatic carbocycles. The zero-order valence-corrected chi connectivity index (χ0v) is 11.2. The lowest BCUT2D eigenvalue weighted by molar-refractivity contribution is 0.361. The fourth-order valence-corrected chi connectivity index (χ4v) is 1.30. The molecule has 0 amide bonds. The molecule has 0 aliphatic rings. The van der Waals surface area contributed by atoms with Crippen molar-refractivity contribution in [2.75, 3.05) is 6.26 Å². The maximum absolute atomic E-state index is 12.7. The molecule has 0 N–H and O–H groups in total. The molecule has 0 aliphatic heterocycles. The van der Waals surface area contributed by atoms with E-state index in [1.54, 1.807) is 0 Å². The Balaban J connectivity index is 0. The molecule has 0 fully saturated rings. The van der Waals surface area contributed by atoms with Gasteiger partial charge in [0.15, 0.2) is 23.3 Å². The molecular weight excluding hydrogens is 266 g/mol. The molecule has 0 aromatic heterocycles. The van der Waals surface area contributed by atoms with Gasteiger partial charge in [-0.2, -0.15) is 9.90 Å². The van der Waals surface area contributed by atoms with Crippen LogP contribution in [0.4, 0.5) is 22.0 Å². The Labute approximate surface area is 98.2 Å². The molecule has 16 heavy (non-hydrogen) atoms. The lowest BCUT2D eigenvalue weighted by Crippen LogP contribution is -2.02. The highest BCUT2D eigenvalue weighted by Gasteiger charge is 2.24. The molecule has 0 bridgehead atoms. The third-order valence-corrected chi connectivity index (χ3v) is 2.14. The SMILES string of the molecule is CC.CSc1c(F)c(F)c(F)c(F)c1F.P. The highest BCUT2D eigenvalue weighted by atomic mass is 32.2. The number of rotatable bonds is 1. The van der Waals surface area contributed by atoms with Crippen molar-refractivity contribution in [3.63, 3.8) is 0 Å². The monoisotopic (exact) mass is 278 g/mol. The van der Waals surface area contributed by atoms with Crippen molar-refractivity contribution in [2.24, 2.45) is 0 Å². The van der Waals surface area contributed by atoms with Crippen LogP contribution in [0.2, 0.25) is 0 Å². The van der Waals surface area contributed by atoms with Gasteiger partial charge >= 0.3 is 0 Å². The Bertz CT molecular complexity index is 327. The summed E-state index contributed by atoms with van der Waals surface area (Å²) in [5.41, 5.74) is 0. The molecular formula is C9H12F5PS. The zero-order chi connectivity index (χ0) is 12.2. The average Bonchev–Trinajstić information content (AvgIpc) is 2.27. The van der Waals surface area contributed by atoms with Gasteiger partial charge in [-0.25, -0.2) is 22.0 Å². The molecule has 0 radical (unpaired) electrons. The van der Waals surface area contributed by atoms with Gasteiger partial charge in [-0.15, -0.1) is 11.8 Å². The van der Waals surface area contributed by atoms with Crippen molar-refractivity contribution in [2.45, 2.75) is 18.7 Å². The van der Waals surface area contributed by atoms with Gasteiger partial charge in [-0.05, 0) is 6.26 Å². The topological polar surface area (TPSA) is 0 Å². The lowest BCUT2D eigenvalue weighted by atomic mass is 10.3. The van der Waals surface area contributed by atoms with E-state index in [1.165, 1.54) is 6.26 Å². The van der Waals surface area contributed by atoms with Gasteiger partial charge in [0.05, 0.1) is 4.90 Å². The number of benzene rings is 1. The van der Waals surface area contributed by atoms with E-state index in [4.69, 9.17) is 0 Å². The number of hydrogen-bond acceptors (Lipinski definition) is 1. The van der Waals surface area contributed by atoms with Crippen LogP contribution < -0.4 is 0 Å². The molecule has 0 saturated carbocycles. The third-order valence-electron chi connectivity index (χ3n) is 1.37. The van der Waals surface area contributed by atoms with Crippen LogP contribution in [0.1, 0.15) is 13.8 Å². The van der Waals surface area contributed by atoms with E-state index >= 15 is 0 Å². The molecule has 1 unspecified atom stereocenters. The minimum Gasteiger partial charge on any atom is -0.202 e. The summed E-state index contributed by atoms with van der Waals surface area (Å²) in [5, 5.41) is 0. The first-order valence-electron chi connectivity index (χ1n) is 4.06. The van der Waals surface area contributed by atoms with Crippen LogP contribution in [0.3, 0.4) is 0 Å². The molecule has 1 atom stereocenters. The molecule has 0 heterocycles. The van der Waals surface area contributed by atoms with E-state index in [9.17, 15) is 22.0 Å². The van der Waals surface area contributed by atoms with E-state index in [0.29, 0.717) is 11.8 Å². The largest absolute Gasteiger partial charge is 0.202 e. The fraction of sp³-hybridized carbons (Fsp3) is 0.333. The van der Waals surface area contributed by atoms with Gasteiger partial charge in [0.25, 0.3) is 0 Å². The summed E-state index contributed by atoms with van der Waals surface area (Å²) in [6.45, 7) is 4.00. The smallest absolute Gasteiger partial charge is 0.200 e. The highest BCUT2D eigenvalue weighted by molar-refractivity contribution is 7.98. The Morgan fingerprint density at radius 2 is 0.938 bits per heavy atom. The summed E-state index contributed by atoms with van der Waals surface area (Å²) in [6.07, 6.45) is 1.22. The van der Waals surface area contributed by atoms with Crippen LogP contribution in [0, 0.1) is 29.1 Å². The van der Waals surface area contributed by atoms with Gasteiger partial charge in [0, 0.05) is 0 Å². The molecule has 0 nitrogen and oxygen atoms in total. The summed E-state index contributed by atoms with van der Waals surface area (Å²) in [6, 6.07) is 0. The van der Waals surface area contributed by atoms with Crippen LogP contribution in [-0.2, 0) is 0 Å². The maximum Gasteiger partial charge on any atom is 0.200 e. The average molecular weight is 278 g/mol. The summed E-state index contributed by atoms with van der Waals surface area (Å²) >= 11 is 0.462. The Hall–Kier alpha value is -0.350. The minimum atomic E-state index is -2.13. The molecule has 94 valence electrons. The van der Waals surface area contributed by atoms with Crippen molar-refractivity contribution in [3.8, 4) is 0 Å². The summed E-state index contributed by atoms with van der Waals surface area (Å²) in [7, 11) is 0. The minimum absolute atomic E-state index is 0. The quantitative estimate of drug-likeness (QED) is 0.244. The van der Waals surface area contributed by atoms with Crippen LogP contribution in [0.5, 0.6) is 0 Å². The Morgan fingerprint density at radius 3 is 1.19 bits per heavy atom. The highest BCUT2D eigenvalue weighted by Crippen LogP contribution is 2.28. The predicted molar refractivity (Wildman–Crippen MR) is 60.5 cm³/mol. The van der Waals surface area contributed by atoms with Crippen LogP contribution in [-0.4, -0.2) is 6.26 Å². The molecule has 1 rings (SSSR count). The lowest BCUT2D eigenvalue weighted by Gasteiger charge is -2.04. The first kappa shape index (κ1) is 18.0. The van der Waals surface area contributed by atoms with E-state index in [0.717, 1.165) is 0 Å². The normalized spacial score (nSPS) is 9.00. The molecule has 0 spiro atoms. The van der Waals surface area contributed by atoms with Gasteiger partial charge < -0.3 is 0 Å². The van der Waals surface area contributed by atoms with Crippen molar-refractivity contribution in [1.82, 2.24) is 0 Å². The van der Waals surface area contributed by atoms with Crippen LogP contribution in [0.15, 0.2) is 4.90 Å². The van der Waals surface area contributed by atoms with E-state index in [2.05, 4.69) is 0 Å². The number of hydrogen-bond donors (Lipinski definition) is 0. The second-order valence-corrected chi connectivity index (χ2v) is 2.92.